The van der Waals surface area contributed by atoms with E-state index in [0.29, 0.717) is 17.6 Å². The number of hydrogen-bond donors (Lipinski definition) is 0. The largest absolute Gasteiger partial charge is 0.298 e. The molecule has 0 aromatic rings. The molecule has 0 heterocycles. The first-order valence-corrected chi connectivity index (χ1v) is 4.93. The summed E-state index contributed by atoms with van der Waals surface area (Å²) in [7, 11) is 0. The quantitative estimate of drug-likeness (QED) is 0.584. The lowest BCUT2D eigenvalue weighted by Gasteiger charge is -2.18. The standard InChI is InChI=1S/C9H13ClO/c10-5-9(11)8-4-6-1-2-7(8)3-6/h6-8H,1-5H2/t6-,7+,8-/m0/s1. The van der Waals surface area contributed by atoms with Crippen LogP contribution in [0.25, 0.3) is 0 Å². The summed E-state index contributed by atoms with van der Waals surface area (Å²) < 4.78 is 0. The van der Waals surface area contributed by atoms with Crippen LogP contribution in [0.5, 0.6) is 0 Å². The number of hydrogen-bond acceptors (Lipinski definition) is 1. The predicted molar refractivity (Wildman–Crippen MR) is 44.7 cm³/mol. The van der Waals surface area contributed by atoms with E-state index in [1.54, 1.807) is 0 Å². The number of rotatable bonds is 2. The fourth-order valence-electron chi connectivity index (χ4n) is 2.74. The first-order chi connectivity index (χ1) is 5.31. The number of carbonyl (C=O) groups is 1. The number of ketones is 1. The highest BCUT2D eigenvalue weighted by molar-refractivity contribution is 6.27. The monoisotopic (exact) mass is 172 g/mol. The molecule has 0 aromatic heterocycles. The van der Waals surface area contributed by atoms with Crippen molar-refractivity contribution in [1.29, 1.82) is 0 Å². The summed E-state index contributed by atoms with van der Waals surface area (Å²) in [5.74, 6) is 2.42. The van der Waals surface area contributed by atoms with E-state index in [-0.39, 0.29) is 5.88 Å². The molecule has 2 fully saturated rings. The van der Waals surface area contributed by atoms with E-state index in [0.717, 1.165) is 12.3 Å². The van der Waals surface area contributed by atoms with Crippen LogP contribution in [0.1, 0.15) is 25.7 Å². The molecule has 2 aliphatic carbocycles. The second-order valence-electron chi connectivity index (χ2n) is 3.88. The van der Waals surface area contributed by atoms with Crippen molar-refractivity contribution in [3.05, 3.63) is 0 Å². The van der Waals surface area contributed by atoms with Crippen LogP contribution in [0.3, 0.4) is 0 Å². The molecule has 0 aliphatic heterocycles. The molecule has 3 atom stereocenters. The van der Waals surface area contributed by atoms with E-state index in [4.69, 9.17) is 11.6 Å². The van der Waals surface area contributed by atoms with Crippen LogP contribution < -0.4 is 0 Å². The third kappa shape index (κ3) is 1.20. The van der Waals surface area contributed by atoms with Gasteiger partial charge in [-0.3, -0.25) is 4.79 Å². The fraction of sp³-hybridized carbons (Fsp3) is 0.889. The molecule has 0 saturated heterocycles. The van der Waals surface area contributed by atoms with Gasteiger partial charge in [0.2, 0.25) is 0 Å². The van der Waals surface area contributed by atoms with E-state index in [9.17, 15) is 4.79 Å². The summed E-state index contributed by atoms with van der Waals surface area (Å²) in [5, 5.41) is 0. The van der Waals surface area contributed by atoms with Crippen molar-refractivity contribution in [3.8, 4) is 0 Å². The summed E-state index contributed by atoms with van der Waals surface area (Å²) in [6, 6.07) is 0. The molecule has 0 aromatic carbocycles. The maximum Gasteiger partial charge on any atom is 0.150 e. The molecular weight excluding hydrogens is 160 g/mol. The highest BCUT2D eigenvalue weighted by Crippen LogP contribution is 2.48. The molecule has 2 aliphatic rings. The van der Waals surface area contributed by atoms with Gasteiger partial charge < -0.3 is 0 Å². The van der Waals surface area contributed by atoms with E-state index in [1.807, 2.05) is 0 Å². The Bertz CT molecular complexity index is 178. The van der Waals surface area contributed by atoms with Crippen molar-refractivity contribution in [2.24, 2.45) is 17.8 Å². The normalized spacial score (nSPS) is 41.4. The topological polar surface area (TPSA) is 17.1 Å². The summed E-state index contributed by atoms with van der Waals surface area (Å²) in [6.07, 6.45) is 5.07. The molecule has 2 saturated carbocycles. The Kier molecular flexibility index (Phi) is 1.92. The number of fused-ring (bicyclic) bond motifs is 2. The number of carbonyl (C=O) groups excluding carboxylic acids is 1. The smallest absolute Gasteiger partial charge is 0.150 e. The third-order valence-corrected chi connectivity index (χ3v) is 3.55. The zero-order chi connectivity index (χ0) is 7.84. The van der Waals surface area contributed by atoms with Crippen molar-refractivity contribution in [3.63, 3.8) is 0 Å². The summed E-state index contributed by atoms with van der Waals surface area (Å²) >= 11 is 5.52. The maximum absolute atomic E-state index is 11.3. The molecule has 2 bridgehead atoms. The Labute approximate surface area is 72.1 Å². The zero-order valence-electron chi connectivity index (χ0n) is 6.55. The van der Waals surface area contributed by atoms with Gasteiger partial charge in [0, 0.05) is 5.92 Å². The summed E-state index contributed by atoms with van der Waals surface area (Å²) in [4.78, 5) is 11.3. The van der Waals surface area contributed by atoms with Gasteiger partial charge in [-0.15, -0.1) is 11.6 Å². The van der Waals surface area contributed by atoms with Crippen LogP contribution in [0, 0.1) is 17.8 Å². The number of Topliss-reactive ketones (excluding diaryl/α,β-unsaturated/α-hetero) is 1. The van der Waals surface area contributed by atoms with Crippen LogP contribution >= 0.6 is 11.6 Å². The van der Waals surface area contributed by atoms with Gasteiger partial charge in [0.1, 0.15) is 0 Å². The Morgan fingerprint density at radius 1 is 1.36 bits per heavy atom. The Hall–Kier alpha value is -0.0400. The molecule has 62 valence electrons. The van der Waals surface area contributed by atoms with Gasteiger partial charge in [-0.2, -0.15) is 0 Å². The van der Waals surface area contributed by atoms with Gasteiger partial charge in [0.15, 0.2) is 5.78 Å². The molecule has 0 spiro atoms. The lowest BCUT2D eigenvalue weighted by Crippen LogP contribution is -2.21. The maximum atomic E-state index is 11.3. The van der Waals surface area contributed by atoms with Crippen molar-refractivity contribution >= 4 is 17.4 Å². The molecule has 2 heteroatoms. The van der Waals surface area contributed by atoms with E-state index in [1.165, 1.54) is 19.3 Å². The summed E-state index contributed by atoms with van der Waals surface area (Å²) in [5.41, 5.74) is 0. The van der Waals surface area contributed by atoms with Crippen molar-refractivity contribution in [2.75, 3.05) is 5.88 Å². The SMILES string of the molecule is O=C(CCl)[C@H]1C[C@H]2CC[C@@H]1C2. The molecule has 0 radical (unpaired) electrons. The number of alkyl halides is 1. The predicted octanol–water partition coefficient (Wildman–Crippen LogP) is 2.23. The fourth-order valence-corrected chi connectivity index (χ4v) is 2.94. The lowest BCUT2D eigenvalue weighted by molar-refractivity contribution is -0.121. The van der Waals surface area contributed by atoms with Gasteiger partial charge in [0.25, 0.3) is 0 Å². The van der Waals surface area contributed by atoms with Crippen LogP contribution in [-0.2, 0) is 4.79 Å². The third-order valence-electron chi connectivity index (χ3n) is 3.28. The minimum absolute atomic E-state index is 0.230. The zero-order valence-corrected chi connectivity index (χ0v) is 7.31. The molecule has 0 N–H and O–H groups in total. The average molecular weight is 173 g/mol. The van der Waals surface area contributed by atoms with Gasteiger partial charge in [-0.25, -0.2) is 0 Å². The molecular formula is C9H13ClO. The number of halogens is 1. The Balaban J connectivity index is 2.02. The van der Waals surface area contributed by atoms with E-state index in [2.05, 4.69) is 0 Å². The van der Waals surface area contributed by atoms with E-state index < -0.39 is 0 Å². The molecule has 2 rings (SSSR count). The first kappa shape index (κ1) is 7.60. The highest BCUT2D eigenvalue weighted by atomic mass is 35.5. The lowest BCUT2D eigenvalue weighted by atomic mass is 9.86. The summed E-state index contributed by atoms with van der Waals surface area (Å²) in [6.45, 7) is 0. The van der Waals surface area contributed by atoms with Crippen LogP contribution in [0.2, 0.25) is 0 Å². The van der Waals surface area contributed by atoms with Crippen LogP contribution in [-0.4, -0.2) is 11.7 Å². The molecule has 11 heavy (non-hydrogen) atoms. The first-order valence-electron chi connectivity index (χ1n) is 4.40. The van der Waals surface area contributed by atoms with Gasteiger partial charge >= 0.3 is 0 Å². The van der Waals surface area contributed by atoms with Gasteiger partial charge in [0.05, 0.1) is 5.88 Å². The van der Waals surface area contributed by atoms with Crippen molar-refractivity contribution < 1.29 is 4.79 Å². The van der Waals surface area contributed by atoms with Crippen molar-refractivity contribution in [2.45, 2.75) is 25.7 Å². The second kappa shape index (κ2) is 2.78. The highest BCUT2D eigenvalue weighted by Gasteiger charge is 2.42. The minimum Gasteiger partial charge on any atom is -0.298 e. The van der Waals surface area contributed by atoms with Crippen molar-refractivity contribution in [1.82, 2.24) is 0 Å². The molecule has 0 unspecified atom stereocenters. The Morgan fingerprint density at radius 2 is 2.18 bits per heavy atom. The molecule has 0 amide bonds. The van der Waals surface area contributed by atoms with Crippen LogP contribution in [0.15, 0.2) is 0 Å². The molecule has 1 nitrogen and oxygen atoms in total. The van der Waals surface area contributed by atoms with E-state index >= 15 is 0 Å². The van der Waals surface area contributed by atoms with Gasteiger partial charge in [-0.05, 0) is 31.1 Å². The minimum atomic E-state index is 0.230. The Morgan fingerprint density at radius 3 is 2.64 bits per heavy atom. The second-order valence-corrected chi connectivity index (χ2v) is 4.15. The average Bonchev–Trinajstić information content (AvgIpc) is 2.62. The van der Waals surface area contributed by atoms with Gasteiger partial charge in [-0.1, -0.05) is 6.42 Å². The van der Waals surface area contributed by atoms with Crippen LogP contribution in [0.4, 0.5) is 0 Å².